The van der Waals surface area contributed by atoms with Gasteiger partial charge in [0.1, 0.15) is 6.04 Å². The van der Waals surface area contributed by atoms with Crippen LogP contribution in [-0.2, 0) is 14.3 Å². The summed E-state index contributed by atoms with van der Waals surface area (Å²) in [4.78, 5) is 10.9. The van der Waals surface area contributed by atoms with Gasteiger partial charge in [-0.25, -0.2) is 0 Å². The summed E-state index contributed by atoms with van der Waals surface area (Å²) in [5.74, 6) is -0.255. The van der Waals surface area contributed by atoms with Crippen molar-refractivity contribution in [2.75, 3.05) is 33.9 Å². The van der Waals surface area contributed by atoms with Gasteiger partial charge in [-0.1, -0.05) is 0 Å². The van der Waals surface area contributed by atoms with Crippen LogP contribution in [0.2, 0.25) is 0 Å². The zero-order valence-corrected chi connectivity index (χ0v) is 9.71. The summed E-state index contributed by atoms with van der Waals surface area (Å²) in [6.07, 6.45) is 0.418. The van der Waals surface area contributed by atoms with Crippen molar-refractivity contribution in [1.29, 1.82) is 5.41 Å². The molecule has 7 nitrogen and oxygen atoms in total. The Balaban J connectivity index is 3.50. The highest BCUT2D eigenvalue weighted by atomic mass is 16.5. The van der Waals surface area contributed by atoms with Crippen molar-refractivity contribution in [2.24, 2.45) is 5.73 Å². The number of hydrogen-bond acceptors (Lipinski definition) is 5. The fraction of sp³-hybridized carbons (Fsp3) is 0.778. The first-order chi connectivity index (χ1) is 7.61. The molecule has 0 aromatic carbocycles. The van der Waals surface area contributed by atoms with Crippen molar-refractivity contribution in [2.45, 2.75) is 12.5 Å². The largest absolute Gasteiger partial charge is 0.468 e. The fourth-order valence-electron chi connectivity index (χ4n) is 0.962. The maximum absolute atomic E-state index is 10.9. The van der Waals surface area contributed by atoms with Crippen LogP contribution in [0.3, 0.4) is 0 Å². The standard InChI is InChI=1S/C9H20N4O3/c1-15-6-5-13-9(11)12-4-3-7(10)8(14)16-2/h7H,3-6,10H2,1-2H3,(H3,11,12,13)/t7-/m0/s1. The molecule has 0 spiro atoms. The van der Waals surface area contributed by atoms with Crippen LogP contribution >= 0.6 is 0 Å². The molecule has 0 amide bonds. The number of methoxy groups -OCH3 is 2. The quantitative estimate of drug-likeness (QED) is 0.187. The van der Waals surface area contributed by atoms with Gasteiger partial charge in [0, 0.05) is 20.2 Å². The van der Waals surface area contributed by atoms with Crippen LogP contribution in [0.4, 0.5) is 0 Å². The van der Waals surface area contributed by atoms with E-state index in [9.17, 15) is 4.79 Å². The van der Waals surface area contributed by atoms with Crippen LogP contribution in [-0.4, -0.2) is 51.9 Å². The number of esters is 1. The van der Waals surface area contributed by atoms with Gasteiger partial charge < -0.3 is 25.8 Å². The summed E-state index contributed by atoms with van der Waals surface area (Å²) < 4.78 is 9.28. The lowest BCUT2D eigenvalue weighted by molar-refractivity contribution is -0.142. The second kappa shape index (κ2) is 8.93. The van der Waals surface area contributed by atoms with Gasteiger partial charge in [0.05, 0.1) is 13.7 Å². The highest BCUT2D eigenvalue weighted by Crippen LogP contribution is 1.88. The van der Waals surface area contributed by atoms with Gasteiger partial charge in [-0.15, -0.1) is 0 Å². The van der Waals surface area contributed by atoms with Gasteiger partial charge in [0.15, 0.2) is 5.96 Å². The Morgan fingerprint density at radius 3 is 2.56 bits per heavy atom. The molecule has 7 heteroatoms. The fourth-order valence-corrected chi connectivity index (χ4v) is 0.962. The van der Waals surface area contributed by atoms with E-state index < -0.39 is 12.0 Å². The predicted molar refractivity (Wildman–Crippen MR) is 60.2 cm³/mol. The second-order valence-corrected chi connectivity index (χ2v) is 3.14. The molecule has 1 atom stereocenters. The van der Waals surface area contributed by atoms with E-state index in [0.717, 1.165) is 0 Å². The van der Waals surface area contributed by atoms with E-state index in [4.69, 9.17) is 15.9 Å². The molecular weight excluding hydrogens is 212 g/mol. The molecular formula is C9H20N4O3. The smallest absolute Gasteiger partial charge is 0.322 e. The molecule has 16 heavy (non-hydrogen) atoms. The van der Waals surface area contributed by atoms with E-state index in [2.05, 4.69) is 15.4 Å². The highest BCUT2D eigenvalue weighted by Gasteiger charge is 2.12. The van der Waals surface area contributed by atoms with Crippen molar-refractivity contribution in [1.82, 2.24) is 10.6 Å². The number of nitrogens with two attached hydrogens (primary N) is 1. The van der Waals surface area contributed by atoms with E-state index in [0.29, 0.717) is 26.1 Å². The van der Waals surface area contributed by atoms with Crippen molar-refractivity contribution < 1.29 is 14.3 Å². The van der Waals surface area contributed by atoms with Crippen LogP contribution in [0.15, 0.2) is 0 Å². The SMILES string of the molecule is COCCNC(=N)NCC[C@H](N)C(=O)OC. The number of nitrogens with one attached hydrogen (secondary N) is 3. The van der Waals surface area contributed by atoms with E-state index in [1.165, 1.54) is 7.11 Å². The minimum Gasteiger partial charge on any atom is -0.468 e. The lowest BCUT2D eigenvalue weighted by Gasteiger charge is -2.12. The Morgan fingerprint density at radius 1 is 1.38 bits per heavy atom. The van der Waals surface area contributed by atoms with Gasteiger partial charge in [0.2, 0.25) is 0 Å². The Kier molecular flexibility index (Phi) is 8.18. The molecule has 94 valence electrons. The lowest BCUT2D eigenvalue weighted by Crippen LogP contribution is -2.41. The topological polar surface area (TPSA) is 109 Å². The maximum atomic E-state index is 10.9. The molecule has 0 aliphatic heterocycles. The van der Waals surface area contributed by atoms with E-state index >= 15 is 0 Å². The summed E-state index contributed by atoms with van der Waals surface area (Å²) in [5.41, 5.74) is 5.51. The van der Waals surface area contributed by atoms with Gasteiger partial charge in [-0.2, -0.15) is 0 Å². The lowest BCUT2D eigenvalue weighted by atomic mass is 10.2. The molecule has 0 unspecified atom stereocenters. The zero-order valence-electron chi connectivity index (χ0n) is 9.71. The molecule has 0 rings (SSSR count). The highest BCUT2D eigenvalue weighted by molar-refractivity contribution is 5.77. The third kappa shape index (κ3) is 7.02. The molecule has 0 saturated heterocycles. The summed E-state index contributed by atoms with van der Waals surface area (Å²) in [6.45, 7) is 1.53. The first-order valence-corrected chi connectivity index (χ1v) is 5.00. The monoisotopic (exact) mass is 232 g/mol. The van der Waals surface area contributed by atoms with Gasteiger partial charge in [-0.05, 0) is 6.42 Å². The predicted octanol–water partition coefficient (Wildman–Crippen LogP) is -1.36. The molecule has 0 bridgehead atoms. The van der Waals surface area contributed by atoms with Crippen LogP contribution < -0.4 is 16.4 Å². The van der Waals surface area contributed by atoms with Gasteiger partial charge in [0.25, 0.3) is 0 Å². The van der Waals surface area contributed by atoms with E-state index in [1.807, 2.05) is 0 Å². The number of hydrogen-bond donors (Lipinski definition) is 4. The molecule has 0 heterocycles. The van der Waals surface area contributed by atoms with Crippen molar-refractivity contribution >= 4 is 11.9 Å². The number of guanidine groups is 1. The second-order valence-electron chi connectivity index (χ2n) is 3.14. The first-order valence-electron chi connectivity index (χ1n) is 5.00. The maximum Gasteiger partial charge on any atom is 0.322 e. The molecule has 0 aromatic rings. The minimum atomic E-state index is -0.649. The molecule has 0 aliphatic rings. The Hall–Kier alpha value is -1.34. The van der Waals surface area contributed by atoms with Crippen molar-refractivity contribution in [3.05, 3.63) is 0 Å². The zero-order chi connectivity index (χ0) is 12.4. The van der Waals surface area contributed by atoms with E-state index in [-0.39, 0.29) is 5.96 Å². The van der Waals surface area contributed by atoms with Crippen LogP contribution in [0.25, 0.3) is 0 Å². The average Bonchev–Trinajstić information content (AvgIpc) is 2.28. The molecule has 0 aliphatic carbocycles. The summed E-state index contributed by atoms with van der Waals surface area (Å²) >= 11 is 0. The molecule has 0 aromatic heterocycles. The summed E-state index contributed by atoms with van der Waals surface area (Å²) in [5, 5.41) is 13.0. The first kappa shape index (κ1) is 14.7. The van der Waals surface area contributed by atoms with Crippen molar-refractivity contribution in [3.63, 3.8) is 0 Å². The van der Waals surface area contributed by atoms with Crippen LogP contribution in [0, 0.1) is 5.41 Å². The number of carbonyl (C=O) groups is 1. The van der Waals surface area contributed by atoms with Gasteiger partial charge in [-0.3, -0.25) is 10.2 Å². The molecule has 0 radical (unpaired) electrons. The third-order valence-electron chi connectivity index (χ3n) is 1.87. The van der Waals surface area contributed by atoms with Gasteiger partial charge >= 0.3 is 5.97 Å². The minimum absolute atomic E-state index is 0.189. The van der Waals surface area contributed by atoms with Crippen LogP contribution in [0.5, 0.6) is 0 Å². The Morgan fingerprint density at radius 2 is 2.00 bits per heavy atom. The number of rotatable bonds is 7. The normalized spacial score (nSPS) is 11.7. The van der Waals surface area contributed by atoms with E-state index in [1.54, 1.807) is 7.11 Å². The summed E-state index contributed by atoms with van der Waals surface area (Å²) in [6, 6.07) is -0.649. The Labute approximate surface area is 95.2 Å². The number of ether oxygens (including phenoxy) is 2. The number of carbonyl (C=O) groups excluding carboxylic acids is 1. The average molecular weight is 232 g/mol. The third-order valence-corrected chi connectivity index (χ3v) is 1.87. The molecule has 0 saturated carbocycles. The molecule has 0 fully saturated rings. The Bertz CT molecular complexity index is 223. The summed E-state index contributed by atoms with van der Waals surface area (Å²) in [7, 11) is 2.89. The van der Waals surface area contributed by atoms with Crippen LogP contribution in [0.1, 0.15) is 6.42 Å². The molecule has 5 N–H and O–H groups in total. The van der Waals surface area contributed by atoms with Crippen molar-refractivity contribution in [3.8, 4) is 0 Å².